The smallest absolute Gasteiger partial charge is 0.329 e. The summed E-state index contributed by atoms with van der Waals surface area (Å²) in [5, 5.41) is 11.0. The largest absolute Gasteiger partial charge is 0.480 e. The average molecular weight is 334 g/mol. The lowest BCUT2D eigenvalue weighted by Crippen LogP contribution is -2.50. The molecule has 0 spiro atoms. The standard InChI is InChI=1S/C12H16BrNO3S/c1-12(2,11(16)17)14(3)10(15)5-4-9-6-8(13)7-18-9/h6-7H,4-5H2,1-3H3,(H,16,17). The molecule has 1 rings (SSSR count). The molecule has 1 aromatic heterocycles. The molecule has 0 aromatic carbocycles. The van der Waals surface area contributed by atoms with Gasteiger partial charge in [-0.2, -0.15) is 0 Å². The SMILES string of the molecule is CN(C(=O)CCc1cc(Br)cs1)C(C)(C)C(=O)O. The van der Waals surface area contributed by atoms with Crippen molar-refractivity contribution in [3.63, 3.8) is 0 Å². The highest BCUT2D eigenvalue weighted by atomic mass is 79.9. The quantitative estimate of drug-likeness (QED) is 0.901. The van der Waals surface area contributed by atoms with Crippen LogP contribution in [0.4, 0.5) is 0 Å². The molecule has 0 saturated carbocycles. The Labute approximate surface area is 119 Å². The maximum Gasteiger partial charge on any atom is 0.329 e. The Balaban J connectivity index is 2.58. The molecule has 4 nitrogen and oxygen atoms in total. The first kappa shape index (κ1) is 15.2. The van der Waals surface area contributed by atoms with E-state index in [2.05, 4.69) is 15.9 Å². The zero-order valence-electron chi connectivity index (χ0n) is 10.6. The molecule has 0 radical (unpaired) electrons. The van der Waals surface area contributed by atoms with Gasteiger partial charge in [0.25, 0.3) is 0 Å². The molecule has 0 fully saturated rings. The van der Waals surface area contributed by atoms with E-state index in [1.807, 2.05) is 11.4 Å². The normalized spacial score (nSPS) is 11.3. The van der Waals surface area contributed by atoms with E-state index in [-0.39, 0.29) is 5.91 Å². The molecule has 100 valence electrons. The van der Waals surface area contributed by atoms with Crippen LogP contribution in [-0.2, 0) is 16.0 Å². The minimum Gasteiger partial charge on any atom is -0.480 e. The minimum absolute atomic E-state index is 0.160. The van der Waals surface area contributed by atoms with Crippen LogP contribution in [0.1, 0.15) is 25.1 Å². The van der Waals surface area contributed by atoms with E-state index in [4.69, 9.17) is 5.11 Å². The molecule has 6 heteroatoms. The second-order valence-electron chi connectivity index (χ2n) is 4.55. The van der Waals surface area contributed by atoms with E-state index in [0.29, 0.717) is 12.8 Å². The van der Waals surface area contributed by atoms with Crippen LogP contribution in [0, 0.1) is 0 Å². The first-order valence-corrected chi connectivity index (χ1v) is 7.15. The van der Waals surface area contributed by atoms with Crippen LogP contribution in [0.5, 0.6) is 0 Å². The van der Waals surface area contributed by atoms with Gasteiger partial charge in [-0.05, 0) is 42.3 Å². The van der Waals surface area contributed by atoms with Crippen LogP contribution >= 0.6 is 27.3 Å². The Morgan fingerprint density at radius 2 is 2.11 bits per heavy atom. The van der Waals surface area contributed by atoms with Crippen LogP contribution in [0.25, 0.3) is 0 Å². The van der Waals surface area contributed by atoms with Gasteiger partial charge in [-0.3, -0.25) is 4.79 Å². The lowest BCUT2D eigenvalue weighted by molar-refractivity contribution is -0.155. The summed E-state index contributed by atoms with van der Waals surface area (Å²) < 4.78 is 1.01. The third-order valence-electron chi connectivity index (χ3n) is 2.94. The molecule has 0 atom stereocenters. The van der Waals surface area contributed by atoms with Gasteiger partial charge in [0.05, 0.1) is 0 Å². The number of aryl methyl sites for hydroxylation is 1. The average Bonchev–Trinajstić information content (AvgIpc) is 2.70. The van der Waals surface area contributed by atoms with Gasteiger partial charge in [0.1, 0.15) is 5.54 Å². The number of likely N-dealkylation sites (N-methyl/N-ethyl adjacent to an activating group) is 1. The van der Waals surface area contributed by atoms with E-state index < -0.39 is 11.5 Å². The molecule has 0 aliphatic carbocycles. The van der Waals surface area contributed by atoms with Crippen LogP contribution in [0.2, 0.25) is 0 Å². The van der Waals surface area contributed by atoms with Crippen LogP contribution in [-0.4, -0.2) is 34.5 Å². The van der Waals surface area contributed by atoms with Gasteiger partial charge >= 0.3 is 5.97 Å². The van der Waals surface area contributed by atoms with Crippen molar-refractivity contribution in [1.29, 1.82) is 0 Å². The molecule has 1 aromatic rings. The van der Waals surface area contributed by atoms with Gasteiger partial charge in [0.15, 0.2) is 0 Å². The van der Waals surface area contributed by atoms with Crippen LogP contribution < -0.4 is 0 Å². The highest BCUT2D eigenvalue weighted by molar-refractivity contribution is 9.10. The Morgan fingerprint density at radius 1 is 1.50 bits per heavy atom. The number of hydrogen-bond acceptors (Lipinski definition) is 3. The van der Waals surface area contributed by atoms with Gasteiger partial charge in [-0.25, -0.2) is 4.79 Å². The Kier molecular flexibility index (Phi) is 4.92. The van der Waals surface area contributed by atoms with Gasteiger partial charge in [-0.1, -0.05) is 0 Å². The van der Waals surface area contributed by atoms with Crippen LogP contribution in [0.3, 0.4) is 0 Å². The third kappa shape index (κ3) is 3.55. The second kappa shape index (κ2) is 5.84. The molecule has 1 heterocycles. The number of thiophene rings is 1. The summed E-state index contributed by atoms with van der Waals surface area (Å²) in [5.41, 5.74) is -1.17. The molecular weight excluding hydrogens is 318 g/mol. The number of nitrogens with zero attached hydrogens (tertiary/aromatic N) is 1. The van der Waals surface area contributed by atoms with Crippen molar-refractivity contribution in [2.75, 3.05) is 7.05 Å². The Morgan fingerprint density at radius 3 is 2.56 bits per heavy atom. The molecule has 0 saturated heterocycles. The van der Waals surface area contributed by atoms with Gasteiger partial charge < -0.3 is 10.0 Å². The second-order valence-corrected chi connectivity index (χ2v) is 6.46. The number of carboxylic acid groups (broad SMARTS) is 1. The van der Waals surface area contributed by atoms with Crippen molar-refractivity contribution in [2.24, 2.45) is 0 Å². The summed E-state index contributed by atoms with van der Waals surface area (Å²) in [6.07, 6.45) is 0.954. The number of aliphatic carboxylic acids is 1. The fourth-order valence-electron chi connectivity index (χ4n) is 1.34. The number of carbonyl (C=O) groups is 2. The van der Waals surface area contributed by atoms with Gasteiger partial charge in [-0.15, -0.1) is 11.3 Å². The maximum absolute atomic E-state index is 11.9. The van der Waals surface area contributed by atoms with Crippen molar-refractivity contribution in [3.8, 4) is 0 Å². The lowest BCUT2D eigenvalue weighted by atomic mass is 10.0. The number of carboxylic acids is 1. The first-order chi connectivity index (χ1) is 8.25. The Bertz CT molecular complexity index is 456. The maximum atomic E-state index is 11.9. The van der Waals surface area contributed by atoms with Crippen molar-refractivity contribution in [3.05, 3.63) is 20.8 Å². The summed E-state index contributed by atoms with van der Waals surface area (Å²) in [7, 11) is 1.53. The number of carbonyl (C=O) groups excluding carboxylic acids is 1. The zero-order chi connectivity index (χ0) is 13.9. The highest BCUT2D eigenvalue weighted by Crippen LogP contribution is 2.22. The number of amides is 1. The molecule has 0 aliphatic rings. The van der Waals surface area contributed by atoms with Crippen molar-refractivity contribution in [2.45, 2.75) is 32.2 Å². The summed E-state index contributed by atoms with van der Waals surface area (Å²) >= 11 is 4.94. The Hall–Kier alpha value is -0.880. The number of hydrogen-bond donors (Lipinski definition) is 1. The van der Waals surface area contributed by atoms with Crippen molar-refractivity contribution < 1.29 is 14.7 Å². The summed E-state index contributed by atoms with van der Waals surface area (Å²) in [6, 6.07) is 1.97. The van der Waals surface area contributed by atoms with Gasteiger partial charge in [0.2, 0.25) is 5.91 Å². The van der Waals surface area contributed by atoms with Crippen LogP contribution in [0.15, 0.2) is 15.9 Å². The third-order valence-corrected chi connectivity index (χ3v) is 4.70. The summed E-state index contributed by atoms with van der Waals surface area (Å²) in [4.78, 5) is 25.4. The number of rotatable bonds is 5. The molecule has 1 N–H and O–H groups in total. The molecular formula is C12H16BrNO3S. The zero-order valence-corrected chi connectivity index (χ0v) is 13.0. The highest BCUT2D eigenvalue weighted by Gasteiger charge is 2.34. The fraction of sp³-hybridized carbons (Fsp3) is 0.500. The van der Waals surface area contributed by atoms with Crippen molar-refractivity contribution in [1.82, 2.24) is 4.90 Å². The molecule has 0 unspecified atom stereocenters. The van der Waals surface area contributed by atoms with E-state index >= 15 is 0 Å². The lowest BCUT2D eigenvalue weighted by Gasteiger charge is -2.31. The van der Waals surface area contributed by atoms with E-state index in [1.54, 1.807) is 11.3 Å². The van der Waals surface area contributed by atoms with E-state index in [1.165, 1.54) is 25.8 Å². The minimum atomic E-state index is -1.17. The fourth-order valence-corrected chi connectivity index (χ4v) is 2.79. The molecule has 0 aliphatic heterocycles. The van der Waals surface area contributed by atoms with E-state index in [9.17, 15) is 9.59 Å². The summed E-state index contributed by atoms with van der Waals surface area (Å²) in [5.74, 6) is -1.16. The van der Waals surface area contributed by atoms with Gasteiger partial charge in [0, 0.05) is 28.2 Å². The molecule has 18 heavy (non-hydrogen) atoms. The molecule has 1 amide bonds. The summed E-state index contributed by atoms with van der Waals surface area (Å²) in [6.45, 7) is 3.05. The monoisotopic (exact) mass is 333 g/mol. The topological polar surface area (TPSA) is 57.6 Å². The predicted molar refractivity (Wildman–Crippen MR) is 74.8 cm³/mol. The molecule has 0 bridgehead atoms. The van der Waals surface area contributed by atoms with E-state index in [0.717, 1.165) is 9.35 Å². The number of halogens is 1. The first-order valence-electron chi connectivity index (χ1n) is 5.48. The predicted octanol–water partition coefficient (Wildman–Crippen LogP) is 2.76. The van der Waals surface area contributed by atoms with Crippen molar-refractivity contribution >= 4 is 39.1 Å².